The van der Waals surface area contributed by atoms with Gasteiger partial charge in [-0.1, -0.05) is 13.3 Å². The number of halogens is 1. The van der Waals surface area contributed by atoms with E-state index in [1.165, 1.54) is 0 Å². The molecule has 1 aromatic heterocycles. The number of nitrogens with zero attached hydrogens (tertiary/aromatic N) is 3. The third-order valence-electron chi connectivity index (χ3n) is 3.10. The van der Waals surface area contributed by atoms with Crippen LogP contribution in [0.25, 0.3) is 0 Å². The van der Waals surface area contributed by atoms with Gasteiger partial charge >= 0.3 is 0 Å². The van der Waals surface area contributed by atoms with Crippen molar-refractivity contribution in [1.29, 1.82) is 0 Å². The second kappa shape index (κ2) is 7.62. The van der Waals surface area contributed by atoms with Gasteiger partial charge in [0, 0.05) is 37.9 Å². The molecule has 1 aliphatic rings. The first-order valence-electron chi connectivity index (χ1n) is 6.85. The SMILES string of the molecule is CCCc1cc(NCCN2CCOCC2)nc(Cl)n1. The molecule has 0 amide bonds. The van der Waals surface area contributed by atoms with Crippen molar-refractivity contribution in [2.45, 2.75) is 19.8 Å². The van der Waals surface area contributed by atoms with Crippen LogP contribution in [0.4, 0.5) is 5.82 Å². The molecule has 0 radical (unpaired) electrons. The Balaban J connectivity index is 1.81. The number of ether oxygens (including phenoxy) is 1. The van der Waals surface area contributed by atoms with Gasteiger partial charge in [-0.05, 0) is 18.0 Å². The Hall–Kier alpha value is -0.910. The predicted molar refractivity (Wildman–Crippen MR) is 76.8 cm³/mol. The molecule has 0 unspecified atom stereocenters. The summed E-state index contributed by atoms with van der Waals surface area (Å²) in [6.45, 7) is 7.66. The average Bonchev–Trinajstić information content (AvgIpc) is 2.40. The summed E-state index contributed by atoms with van der Waals surface area (Å²) in [7, 11) is 0. The van der Waals surface area contributed by atoms with Crippen molar-refractivity contribution in [2.75, 3.05) is 44.7 Å². The third kappa shape index (κ3) is 4.93. The van der Waals surface area contributed by atoms with E-state index in [2.05, 4.69) is 27.1 Å². The van der Waals surface area contributed by atoms with E-state index in [1.807, 2.05) is 6.07 Å². The lowest BCUT2D eigenvalue weighted by Crippen LogP contribution is -2.39. The third-order valence-corrected chi connectivity index (χ3v) is 3.26. The van der Waals surface area contributed by atoms with Crippen molar-refractivity contribution in [3.8, 4) is 0 Å². The van der Waals surface area contributed by atoms with Crippen molar-refractivity contribution in [3.63, 3.8) is 0 Å². The number of aromatic nitrogens is 2. The summed E-state index contributed by atoms with van der Waals surface area (Å²) in [5.74, 6) is 0.816. The summed E-state index contributed by atoms with van der Waals surface area (Å²) in [4.78, 5) is 10.8. The Morgan fingerprint density at radius 2 is 2.16 bits per heavy atom. The van der Waals surface area contributed by atoms with Crippen LogP contribution in [-0.2, 0) is 11.2 Å². The van der Waals surface area contributed by atoms with Crippen molar-refractivity contribution in [1.82, 2.24) is 14.9 Å². The molecular weight excluding hydrogens is 264 g/mol. The standard InChI is InChI=1S/C13H21ClN4O/c1-2-3-11-10-12(17-13(14)16-11)15-4-5-18-6-8-19-9-7-18/h10H,2-9H2,1H3,(H,15,16,17). The highest BCUT2D eigenvalue weighted by molar-refractivity contribution is 6.28. The molecule has 1 N–H and O–H groups in total. The molecule has 2 heterocycles. The first-order chi connectivity index (χ1) is 9.28. The van der Waals surface area contributed by atoms with Crippen LogP contribution >= 0.6 is 11.6 Å². The highest BCUT2D eigenvalue weighted by Gasteiger charge is 2.09. The first-order valence-corrected chi connectivity index (χ1v) is 7.23. The lowest BCUT2D eigenvalue weighted by atomic mass is 10.2. The van der Waals surface area contributed by atoms with Crippen LogP contribution in [0.15, 0.2) is 6.07 Å². The first kappa shape index (κ1) is 14.5. The molecule has 2 rings (SSSR count). The van der Waals surface area contributed by atoms with Crippen LogP contribution < -0.4 is 5.32 Å². The molecule has 0 spiro atoms. The lowest BCUT2D eigenvalue weighted by molar-refractivity contribution is 0.0398. The Morgan fingerprint density at radius 1 is 1.37 bits per heavy atom. The maximum absolute atomic E-state index is 5.92. The zero-order valence-electron chi connectivity index (χ0n) is 11.4. The summed E-state index contributed by atoms with van der Waals surface area (Å²) in [5, 5.41) is 3.63. The quantitative estimate of drug-likeness (QED) is 0.808. The summed E-state index contributed by atoms with van der Waals surface area (Å²) >= 11 is 5.92. The summed E-state index contributed by atoms with van der Waals surface area (Å²) in [6, 6.07) is 1.98. The van der Waals surface area contributed by atoms with E-state index in [4.69, 9.17) is 16.3 Å². The molecule has 1 aliphatic heterocycles. The Morgan fingerprint density at radius 3 is 2.89 bits per heavy atom. The minimum Gasteiger partial charge on any atom is -0.379 e. The van der Waals surface area contributed by atoms with Gasteiger partial charge in [-0.3, -0.25) is 4.90 Å². The van der Waals surface area contributed by atoms with Gasteiger partial charge in [0.1, 0.15) is 5.82 Å². The van der Waals surface area contributed by atoms with Crippen molar-refractivity contribution in [3.05, 3.63) is 17.0 Å². The molecule has 0 aromatic carbocycles. The molecule has 106 valence electrons. The van der Waals surface area contributed by atoms with Crippen LogP contribution in [0.3, 0.4) is 0 Å². The van der Waals surface area contributed by atoms with E-state index in [9.17, 15) is 0 Å². The molecule has 5 nitrogen and oxygen atoms in total. The van der Waals surface area contributed by atoms with Gasteiger partial charge in [0.25, 0.3) is 0 Å². The second-order valence-electron chi connectivity index (χ2n) is 4.64. The van der Waals surface area contributed by atoms with Gasteiger partial charge in [-0.2, -0.15) is 0 Å². The van der Waals surface area contributed by atoms with E-state index in [1.54, 1.807) is 0 Å². The number of aryl methyl sites for hydroxylation is 1. The fourth-order valence-electron chi connectivity index (χ4n) is 2.11. The molecule has 1 fully saturated rings. The fourth-order valence-corrected chi connectivity index (χ4v) is 2.31. The molecule has 19 heavy (non-hydrogen) atoms. The number of morpholine rings is 1. The zero-order valence-corrected chi connectivity index (χ0v) is 12.1. The Bertz CT molecular complexity index is 396. The number of hydrogen-bond acceptors (Lipinski definition) is 5. The van der Waals surface area contributed by atoms with Gasteiger partial charge in [-0.15, -0.1) is 0 Å². The van der Waals surface area contributed by atoms with E-state index < -0.39 is 0 Å². The molecule has 6 heteroatoms. The Kier molecular flexibility index (Phi) is 5.82. The monoisotopic (exact) mass is 284 g/mol. The van der Waals surface area contributed by atoms with Crippen molar-refractivity contribution in [2.24, 2.45) is 0 Å². The van der Waals surface area contributed by atoms with E-state index in [-0.39, 0.29) is 0 Å². The van der Waals surface area contributed by atoms with E-state index in [0.29, 0.717) is 5.28 Å². The van der Waals surface area contributed by atoms with Gasteiger partial charge in [0.05, 0.1) is 13.2 Å². The van der Waals surface area contributed by atoms with E-state index >= 15 is 0 Å². The highest BCUT2D eigenvalue weighted by atomic mass is 35.5. The zero-order chi connectivity index (χ0) is 13.5. The lowest BCUT2D eigenvalue weighted by Gasteiger charge is -2.26. The topological polar surface area (TPSA) is 50.3 Å². The van der Waals surface area contributed by atoms with Gasteiger partial charge in [-0.25, -0.2) is 9.97 Å². The second-order valence-corrected chi connectivity index (χ2v) is 4.98. The van der Waals surface area contributed by atoms with Gasteiger partial charge < -0.3 is 10.1 Å². The van der Waals surface area contributed by atoms with Crippen LogP contribution in [0.5, 0.6) is 0 Å². The number of rotatable bonds is 6. The summed E-state index contributed by atoms with van der Waals surface area (Å²) in [6.07, 6.45) is 1.99. The molecule has 0 bridgehead atoms. The fraction of sp³-hybridized carbons (Fsp3) is 0.692. The van der Waals surface area contributed by atoms with Crippen LogP contribution in [0.1, 0.15) is 19.0 Å². The molecule has 1 aromatic rings. The van der Waals surface area contributed by atoms with Gasteiger partial charge in [0.15, 0.2) is 0 Å². The normalized spacial score (nSPS) is 16.5. The maximum atomic E-state index is 5.92. The average molecular weight is 285 g/mol. The van der Waals surface area contributed by atoms with Crippen LogP contribution in [0, 0.1) is 0 Å². The van der Waals surface area contributed by atoms with Crippen LogP contribution in [0.2, 0.25) is 5.28 Å². The number of nitrogens with one attached hydrogen (secondary N) is 1. The summed E-state index contributed by atoms with van der Waals surface area (Å²) in [5.41, 5.74) is 0.997. The van der Waals surface area contributed by atoms with Gasteiger partial charge in [0.2, 0.25) is 5.28 Å². The molecule has 1 saturated heterocycles. The smallest absolute Gasteiger partial charge is 0.224 e. The van der Waals surface area contributed by atoms with Crippen LogP contribution in [-0.4, -0.2) is 54.3 Å². The van der Waals surface area contributed by atoms with E-state index in [0.717, 1.165) is 63.7 Å². The molecule has 0 atom stereocenters. The molecular formula is C13H21ClN4O. The summed E-state index contributed by atoms with van der Waals surface area (Å²) < 4.78 is 5.32. The minimum absolute atomic E-state index is 0.319. The number of hydrogen-bond donors (Lipinski definition) is 1. The highest BCUT2D eigenvalue weighted by Crippen LogP contribution is 2.11. The molecule has 0 saturated carbocycles. The Labute approximate surface area is 119 Å². The predicted octanol–water partition coefficient (Wildman–Crippen LogP) is 1.83. The van der Waals surface area contributed by atoms with Crippen molar-refractivity contribution >= 4 is 17.4 Å². The maximum Gasteiger partial charge on any atom is 0.224 e. The minimum atomic E-state index is 0.319. The largest absolute Gasteiger partial charge is 0.379 e. The van der Waals surface area contributed by atoms with Crippen molar-refractivity contribution < 1.29 is 4.74 Å². The number of anilines is 1. The molecule has 0 aliphatic carbocycles.